The lowest BCUT2D eigenvalue weighted by Gasteiger charge is -2.34. The van der Waals surface area contributed by atoms with E-state index in [1.165, 1.54) is 16.5 Å². The average Bonchev–Trinajstić information content (AvgIpc) is 3.11. The fourth-order valence-corrected chi connectivity index (χ4v) is 3.82. The van der Waals surface area contributed by atoms with Gasteiger partial charge in [0.05, 0.1) is 11.0 Å². The summed E-state index contributed by atoms with van der Waals surface area (Å²) in [5.41, 5.74) is 4.55. The normalized spacial score (nSPS) is 15.8. The molecule has 0 radical (unpaired) electrons. The van der Waals surface area contributed by atoms with E-state index < -0.39 is 0 Å². The number of benzene rings is 3. The van der Waals surface area contributed by atoms with Gasteiger partial charge in [-0.1, -0.05) is 42.5 Å². The number of fused-ring (bicyclic) bond motifs is 2. The molecule has 4 nitrogen and oxygen atoms in total. The standard InChI is InChI=1S/C22H22N4/c1-25-11-13-26(14-12-25)17-9-10-20-21(15-17)24-22(23-20)19-8-4-6-16-5-2-3-7-18(16)19/h2-10,15H,11-14H2,1H3,(H,23,24). The lowest BCUT2D eigenvalue weighted by Crippen LogP contribution is -2.44. The molecule has 130 valence electrons. The first kappa shape index (κ1) is 15.4. The van der Waals surface area contributed by atoms with Crippen molar-refractivity contribution in [2.75, 3.05) is 38.1 Å². The van der Waals surface area contributed by atoms with Gasteiger partial charge >= 0.3 is 0 Å². The van der Waals surface area contributed by atoms with Crippen LogP contribution in [0.2, 0.25) is 0 Å². The van der Waals surface area contributed by atoms with E-state index in [9.17, 15) is 0 Å². The number of aromatic amines is 1. The van der Waals surface area contributed by atoms with Gasteiger partial charge in [-0.15, -0.1) is 0 Å². The minimum Gasteiger partial charge on any atom is -0.369 e. The van der Waals surface area contributed by atoms with Crippen molar-refractivity contribution in [3.8, 4) is 11.4 Å². The summed E-state index contributed by atoms with van der Waals surface area (Å²) < 4.78 is 0. The third-order valence-corrected chi connectivity index (χ3v) is 5.38. The molecule has 0 unspecified atom stereocenters. The molecule has 0 bridgehead atoms. The molecule has 5 rings (SSSR count). The highest BCUT2D eigenvalue weighted by Crippen LogP contribution is 2.29. The smallest absolute Gasteiger partial charge is 0.139 e. The van der Waals surface area contributed by atoms with E-state index in [0.29, 0.717) is 0 Å². The van der Waals surface area contributed by atoms with Crippen LogP contribution in [-0.2, 0) is 0 Å². The van der Waals surface area contributed by atoms with Gasteiger partial charge in [-0.25, -0.2) is 4.98 Å². The highest BCUT2D eigenvalue weighted by molar-refractivity contribution is 5.96. The van der Waals surface area contributed by atoms with Crippen molar-refractivity contribution >= 4 is 27.5 Å². The number of rotatable bonds is 2. The van der Waals surface area contributed by atoms with Crippen LogP contribution in [0.5, 0.6) is 0 Å². The molecule has 26 heavy (non-hydrogen) atoms. The Labute approximate surface area is 153 Å². The Bertz CT molecular complexity index is 1070. The summed E-state index contributed by atoms with van der Waals surface area (Å²) in [7, 11) is 2.19. The van der Waals surface area contributed by atoms with Crippen molar-refractivity contribution in [1.82, 2.24) is 14.9 Å². The van der Waals surface area contributed by atoms with Crippen LogP contribution in [-0.4, -0.2) is 48.1 Å². The molecule has 0 atom stereocenters. The van der Waals surface area contributed by atoms with Crippen molar-refractivity contribution in [2.24, 2.45) is 0 Å². The van der Waals surface area contributed by atoms with E-state index in [1.54, 1.807) is 0 Å². The number of nitrogens with one attached hydrogen (secondary N) is 1. The zero-order valence-electron chi connectivity index (χ0n) is 14.9. The second-order valence-electron chi connectivity index (χ2n) is 7.10. The summed E-state index contributed by atoms with van der Waals surface area (Å²) in [4.78, 5) is 13.2. The van der Waals surface area contributed by atoms with Gasteiger partial charge in [-0.05, 0) is 36.0 Å². The van der Waals surface area contributed by atoms with Gasteiger partial charge in [0.1, 0.15) is 5.82 Å². The second-order valence-corrected chi connectivity index (χ2v) is 7.10. The third kappa shape index (κ3) is 2.63. The molecule has 0 saturated carbocycles. The zero-order chi connectivity index (χ0) is 17.5. The van der Waals surface area contributed by atoms with Gasteiger partial charge in [0.15, 0.2) is 0 Å². The van der Waals surface area contributed by atoms with Gasteiger partial charge in [-0.2, -0.15) is 0 Å². The molecule has 4 aromatic rings. The third-order valence-electron chi connectivity index (χ3n) is 5.38. The maximum Gasteiger partial charge on any atom is 0.139 e. The fraction of sp³-hybridized carbons (Fsp3) is 0.227. The zero-order valence-corrected chi connectivity index (χ0v) is 14.9. The van der Waals surface area contributed by atoms with Crippen LogP contribution in [0.3, 0.4) is 0 Å². The first-order valence-electron chi connectivity index (χ1n) is 9.19. The Morgan fingerprint density at radius 3 is 2.58 bits per heavy atom. The second kappa shape index (κ2) is 6.15. The summed E-state index contributed by atoms with van der Waals surface area (Å²) in [6.45, 7) is 4.38. The molecule has 1 aliphatic heterocycles. The maximum absolute atomic E-state index is 4.85. The maximum atomic E-state index is 4.85. The van der Waals surface area contributed by atoms with Gasteiger partial charge in [0, 0.05) is 37.4 Å². The van der Waals surface area contributed by atoms with Gasteiger partial charge in [0.25, 0.3) is 0 Å². The minimum absolute atomic E-state index is 0.937. The predicted molar refractivity (Wildman–Crippen MR) is 109 cm³/mol. The van der Waals surface area contributed by atoms with Crippen molar-refractivity contribution in [3.63, 3.8) is 0 Å². The topological polar surface area (TPSA) is 35.2 Å². The number of H-pyrrole nitrogens is 1. The SMILES string of the molecule is CN1CCN(c2ccc3nc(-c4cccc5ccccc45)[nH]c3c2)CC1. The Kier molecular flexibility index (Phi) is 3.64. The lowest BCUT2D eigenvalue weighted by molar-refractivity contribution is 0.313. The summed E-state index contributed by atoms with van der Waals surface area (Å²) in [6, 6.07) is 21.4. The van der Waals surface area contributed by atoms with E-state index in [1.807, 2.05) is 0 Å². The van der Waals surface area contributed by atoms with Crippen molar-refractivity contribution in [3.05, 3.63) is 60.7 Å². The Balaban J connectivity index is 1.56. The van der Waals surface area contributed by atoms with Crippen LogP contribution in [0.1, 0.15) is 0 Å². The molecule has 1 aromatic heterocycles. The Morgan fingerprint density at radius 1 is 0.885 bits per heavy atom. The highest BCUT2D eigenvalue weighted by Gasteiger charge is 2.15. The number of hydrogen-bond donors (Lipinski definition) is 1. The number of nitrogens with zero attached hydrogens (tertiary/aromatic N) is 3. The number of piperazine rings is 1. The van der Waals surface area contributed by atoms with Crippen LogP contribution in [0.4, 0.5) is 5.69 Å². The van der Waals surface area contributed by atoms with E-state index in [-0.39, 0.29) is 0 Å². The highest BCUT2D eigenvalue weighted by atomic mass is 15.2. The number of hydrogen-bond acceptors (Lipinski definition) is 3. The molecule has 1 fully saturated rings. The summed E-state index contributed by atoms with van der Waals surface area (Å²) in [5.74, 6) is 0.937. The molecule has 2 heterocycles. The average molecular weight is 342 g/mol. The Hall–Kier alpha value is -2.85. The van der Waals surface area contributed by atoms with Gasteiger partial charge < -0.3 is 14.8 Å². The van der Waals surface area contributed by atoms with Crippen LogP contribution in [0, 0.1) is 0 Å². The number of aromatic nitrogens is 2. The van der Waals surface area contributed by atoms with Crippen molar-refractivity contribution in [2.45, 2.75) is 0 Å². The molecule has 1 N–H and O–H groups in total. The monoisotopic (exact) mass is 342 g/mol. The first-order valence-corrected chi connectivity index (χ1v) is 9.19. The van der Waals surface area contributed by atoms with Gasteiger partial charge in [-0.3, -0.25) is 0 Å². The summed E-state index contributed by atoms with van der Waals surface area (Å²) in [6.07, 6.45) is 0. The van der Waals surface area contributed by atoms with Crippen molar-refractivity contribution < 1.29 is 0 Å². The van der Waals surface area contributed by atoms with Crippen LogP contribution in [0.25, 0.3) is 33.2 Å². The molecule has 1 aliphatic rings. The number of likely N-dealkylation sites (N-methyl/N-ethyl adjacent to an activating group) is 1. The molecule has 0 spiro atoms. The summed E-state index contributed by atoms with van der Waals surface area (Å²) in [5, 5.41) is 2.47. The quantitative estimate of drug-likeness (QED) is 0.595. The summed E-state index contributed by atoms with van der Waals surface area (Å²) >= 11 is 0. The van der Waals surface area contributed by atoms with E-state index in [4.69, 9.17) is 4.98 Å². The van der Waals surface area contributed by atoms with E-state index in [0.717, 1.165) is 48.6 Å². The van der Waals surface area contributed by atoms with E-state index >= 15 is 0 Å². The molecule has 1 saturated heterocycles. The fourth-order valence-electron chi connectivity index (χ4n) is 3.82. The largest absolute Gasteiger partial charge is 0.369 e. The molecular formula is C22H22N4. The predicted octanol–water partition coefficient (Wildman–Crippen LogP) is 4.13. The first-order chi connectivity index (χ1) is 12.8. The lowest BCUT2D eigenvalue weighted by atomic mass is 10.0. The van der Waals surface area contributed by atoms with Crippen LogP contribution < -0.4 is 4.90 Å². The molecule has 4 heteroatoms. The molecule has 0 amide bonds. The van der Waals surface area contributed by atoms with E-state index in [2.05, 4.69) is 82.5 Å². The number of anilines is 1. The van der Waals surface area contributed by atoms with Gasteiger partial charge in [0.2, 0.25) is 0 Å². The number of imidazole rings is 1. The van der Waals surface area contributed by atoms with Crippen LogP contribution in [0.15, 0.2) is 60.7 Å². The molecular weight excluding hydrogens is 320 g/mol. The molecule has 3 aromatic carbocycles. The van der Waals surface area contributed by atoms with Crippen LogP contribution >= 0.6 is 0 Å². The Morgan fingerprint density at radius 2 is 1.69 bits per heavy atom. The molecule has 0 aliphatic carbocycles. The van der Waals surface area contributed by atoms with Crippen molar-refractivity contribution in [1.29, 1.82) is 0 Å². The minimum atomic E-state index is 0.937.